The number of ether oxygens (including phenoxy) is 2. The van der Waals surface area contributed by atoms with Crippen molar-refractivity contribution in [3.05, 3.63) is 42.0 Å². The van der Waals surface area contributed by atoms with Crippen LogP contribution in [0.2, 0.25) is 0 Å². The van der Waals surface area contributed by atoms with Gasteiger partial charge < -0.3 is 24.8 Å². The molecule has 1 saturated carbocycles. The molecule has 2 N–H and O–H groups in total. The Hall–Kier alpha value is -3.08. The fourth-order valence-electron chi connectivity index (χ4n) is 5.14. The monoisotopic (exact) mass is 494 g/mol. The molecule has 36 heavy (non-hydrogen) atoms. The van der Waals surface area contributed by atoms with E-state index in [9.17, 15) is 9.90 Å². The molecule has 192 valence electrons. The number of rotatable bonds is 7. The van der Waals surface area contributed by atoms with Gasteiger partial charge in [-0.15, -0.1) is 5.10 Å². The average Bonchev–Trinajstić information content (AvgIpc) is 3.28. The third-order valence-electron chi connectivity index (χ3n) is 7.05. The van der Waals surface area contributed by atoms with Gasteiger partial charge in [0.15, 0.2) is 0 Å². The minimum atomic E-state index is -0.235. The van der Waals surface area contributed by atoms with Gasteiger partial charge in [0.2, 0.25) is 5.95 Å². The lowest BCUT2D eigenvalue weighted by Crippen LogP contribution is -2.40. The molecule has 4 heterocycles. The number of carbonyl (C=O) groups excluding carboxylic acids is 1. The van der Waals surface area contributed by atoms with Crippen molar-refractivity contribution in [2.45, 2.75) is 50.7 Å². The second-order valence-corrected chi connectivity index (χ2v) is 9.73. The minimum Gasteiger partial charge on any atom is -0.393 e. The first-order chi connectivity index (χ1) is 17.5. The molecule has 5 rings (SSSR count). The number of anilines is 1. The van der Waals surface area contributed by atoms with E-state index in [1.165, 1.54) is 0 Å². The van der Waals surface area contributed by atoms with Crippen LogP contribution in [0.1, 0.15) is 54.6 Å². The molecule has 1 aliphatic carbocycles. The summed E-state index contributed by atoms with van der Waals surface area (Å²) in [7, 11) is 1.67. The van der Waals surface area contributed by atoms with Gasteiger partial charge in [-0.2, -0.15) is 0 Å². The van der Waals surface area contributed by atoms with Crippen LogP contribution >= 0.6 is 0 Å². The number of aliphatic hydroxyl groups excluding tert-OH is 1. The lowest BCUT2D eigenvalue weighted by atomic mass is 9.85. The normalized spacial score (nSPS) is 21.5. The van der Waals surface area contributed by atoms with Crippen molar-refractivity contribution in [2.75, 3.05) is 45.3 Å². The molecule has 0 spiro atoms. The van der Waals surface area contributed by atoms with Gasteiger partial charge in [0.1, 0.15) is 0 Å². The second kappa shape index (κ2) is 10.9. The van der Waals surface area contributed by atoms with E-state index < -0.39 is 0 Å². The van der Waals surface area contributed by atoms with Crippen LogP contribution in [0, 0.1) is 0 Å². The highest BCUT2D eigenvalue weighted by atomic mass is 16.5. The van der Waals surface area contributed by atoms with Gasteiger partial charge in [0, 0.05) is 61.4 Å². The summed E-state index contributed by atoms with van der Waals surface area (Å²) >= 11 is 0. The summed E-state index contributed by atoms with van der Waals surface area (Å²) in [5.41, 5.74) is 4.30. The number of fused-ring (bicyclic) bond motifs is 1. The minimum absolute atomic E-state index is 0.0347. The molecule has 10 nitrogen and oxygen atoms in total. The van der Waals surface area contributed by atoms with Gasteiger partial charge in [-0.3, -0.25) is 9.78 Å². The SMILES string of the molecule is COC[C@H](C)Nc1ncc2c(-c3cncc(C(=O)N4CCOCC4)c3)cc(C3CCC(O)CC3)n2n1. The topological polar surface area (TPSA) is 114 Å². The van der Waals surface area contributed by atoms with E-state index >= 15 is 0 Å². The Morgan fingerprint density at radius 3 is 2.72 bits per heavy atom. The van der Waals surface area contributed by atoms with E-state index in [0.29, 0.717) is 44.4 Å². The van der Waals surface area contributed by atoms with E-state index in [1.807, 2.05) is 28.6 Å². The Morgan fingerprint density at radius 1 is 1.19 bits per heavy atom. The van der Waals surface area contributed by atoms with Crippen LogP contribution < -0.4 is 5.32 Å². The zero-order chi connectivity index (χ0) is 25.1. The predicted molar refractivity (Wildman–Crippen MR) is 135 cm³/mol. The van der Waals surface area contributed by atoms with Crippen molar-refractivity contribution in [1.29, 1.82) is 0 Å². The fourth-order valence-corrected chi connectivity index (χ4v) is 5.14. The smallest absolute Gasteiger partial charge is 0.255 e. The van der Waals surface area contributed by atoms with E-state index in [4.69, 9.17) is 14.6 Å². The Bertz CT molecular complexity index is 1200. The number of hydrogen-bond donors (Lipinski definition) is 2. The number of carbonyl (C=O) groups is 1. The molecule has 0 aromatic carbocycles. The van der Waals surface area contributed by atoms with Gasteiger partial charge in [0.25, 0.3) is 5.91 Å². The number of nitrogens with one attached hydrogen (secondary N) is 1. The van der Waals surface area contributed by atoms with Crippen molar-refractivity contribution in [2.24, 2.45) is 0 Å². The van der Waals surface area contributed by atoms with Crippen LogP contribution in [-0.4, -0.2) is 87.7 Å². The highest BCUT2D eigenvalue weighted by molar-refractivity contribution is 5.96. The molecule has 3 aromatic rings. The molecule has 1 aliphatic heterocycles. The van der Waals surface area contributed by atoms with Crippen molar-refractivity contribution < 1.29 is 19.4 Å². The summed E-state index contributed by atoms with van der Waals surface area (Å²) < 4.78 is 12.6. The molecule has 0 bridgehead atoms. The lowest BCUT2D eigenvalue weighted by molar-refractivity contribution is 0.0302. The van der Waals surface area contributed by atoms with Gasteiger partial charge in [-0.1, -0.05) is 0 Å². The van der Waals surface area contributed by atoms with Crippen molar-refractivity contribution in [1.82, 2.24) is 24.5 Å². The Balaban J connectivity index is 1.52. The van der Waals surface area contributed by atoms with Crippen LogP contribution in [0.25, 0.3) is 16.6 Å². The molecule has 10 heteroatoms. The maximum absolute atomic E-state index is 13.1. The quantitative estimate of drug-likeness (QED) is 0.515. The van der Waals surface area contributed by atoms with E-state index in [1.54, 1.807) is 19.5 Å². The van der Waals surface area contributed by atoms with Crippen LogP contribution in [0.5, 0.6) is 0 Å². The van der Waals surface area contributed by atoms with Gasteiger partial charge in [-0.05, 0) is 44.7 Å². The fraction of sp³-hybridized carbons (Fsp3) is 0.538. The Labute approximate surface area is 210 Å². The number of aliphatic hydroxyl groups is 1. The predicted octanol–water partition coefficient (Wildman–Crippen LogP) is 2.73. The van der Waals surface area contributed by atoms with E-state index in [2.05, 4.69) is 21.4 Å². The van der Waals surface area contributed by atoms with Gasteiger partial charge in [-0.25, -0.2) is 9.50 Å². The molecule has 2 fully saturated rings. The second-order valence-electron chi connectivity index (χ2n) is 9.73. The molecule has 1 saturated heterocycles. The third-order valence-corrected chi connectivity index (χ3v) is 7.05. The molecule has 2 aliphatic rings. The summed E-state index contributed by atoms with van der Waals surface area (Å²) in [4.78, 5) is 23.9. The molecule has 0 radical (unpaired) electrons. The highest BCUT2D eigenvalue weighted by Crippen LogP contribution is 2.37. The molecule has 1 amide bonds. The summed E-state index contributed by atoms with van der Waals surface area (Å²) in [5.74, 6) is 0.771. The van der Waals surface area contributed by atoms with E-state index in [0.717, 1.165) is 48.0 Å². The maximum Gasteiger partial charge on any atom is 0.255 e. The number of amides is 1. The van der Waals surface area contributed by atoms with E-state index in [-0.39, 0.29) is 24.0 Å². The van der Waals surface area contributed by atoms with Crippen molar-refractivity contribution in [3.63, 3.8) is 0 Å². The van der Waals surface area contributed by atoms with Gasteiger partial charge >= 0.3 is 0 Å². The maximum atomic E-state index is 13.1. The zero-order valence-electron chi connectivity index (χ0n) is 20.9. The molecule has 3 aromatic heterocycles. The van der Waals surface area contributed by atoms with Crippen molar-refractivity contribution in [3.8, 4) is 11.1 Å². The number of morpholine rings is 1. The number of nitrogens with zero attached hydrogens (tertiary/aromatic N) is 5. The first kappa shape index (κ1) is 24.6. The average molecular weight is 495 g/mol. The van der Waals surface area contributed by atoms with Crippen molar-refractivity contribution >= 4 is 17.4 Å². The molecular formula is C26H34N6O4. The summed E-state index contributed by atoms with van der Waals surface area (Å²) in [6, 6.07) is 4.11. The highest BCUT2D eigenvalue weighted by Gasteiger charge is 2.26. The van der Waals surface area contributed by atoms with Crippen LogP contribution in [0.3, 0.4) is 0 Å². The first-order valence-electron chi connectivity index (χ1n) is 12.7. The summed E-state index contributed by atoms with van der Waals surface area (Å²) in [6.45, 7) is 4.84. The number of aromatic nitrogens is 4. The van der Waals surface area contributed by atoms with Crippen LogP contribution in [0.4, 0.5) is 5.95 Å². The summed E-state index contributed by atoms with van der Waals surface area (Å²) in [6.07, 6.45) is 8.34. The van der Waals surface area contributed by atoms with Gasteiger partial charge in [0.05, 0.1) is 43.2 Å². The standard InChI is InChI=1S/C26H34N6O4/c1-17(16-35-2)29-26-28-15-24-22(12-23(32(24)30-26)18-3-5-21(33)6-4-18)19-11-20(14-27-13-19)25(34)31-7-9-36-10-8-31/h11-15,17-18,21,33H,3-10,16H2,1-2H3,(H,29,30)/t17-,18?,21?/m0/s1. The number of methoxy groups -OCH3 is 1. The molecular weight excluding hydrogens is 460 g/mol. The largest absolute Gasteiger partial charge is 0.393 e. The van der Waals surface area contributed by atoms with Crippen LogP contribution in [0.15, 0.2) is 30.7 Å². The zero-order valence-corrected chi connectivity index (χ0v) is 20.9. The summed E-state index contributed by atoms with van der Waals surface area (Å²) in [5, 5.41) is 18.2. The first-order valence-corrected chi connectivity index (χ1v) is 12.7. The Kier molecular flexibility index (Phi) is 7.45. The molecule has 0 unspecified atom stereocenters. The number of pyridine rings is 1. The lowest BCUT2D eigenvalue weighted by Gasteiger charge is -2.26. The molecule has 1 atom stereocenters. The van der Waals surface area contributed by atoms with Crippen LogP contribution in [-0.2, 0) is 9.47 Å². The number of hydrogen-bond acceptors (Lipinski definition) is 8. The third kappa shape index (κ3) is 5.21. The Morgan fingerprint density at radius 2 is 1.97 bits per heavy atom.